The molecule has 0 radical (unpaired) electrons. The lowest BCUT2D eigenvalue weighted by Gasteiger charge is -2.09. The number of fused-ring (bicyclic) bond motifs is 9. The van der Waals surface area contributed by atoms with Crippen LogP contribution in [0.3, 0.4) is 0 Å². The van der Waals surface area contributed by atoms with Crippen molar-refractivity contribution in [3.63, 3.8) is 0 Å². The Bertz CT molecular complexity index is 2760. The van der Waals surface area contributed by atoms with Crippen molar-refractivity contribution in [1.29, 1.82) is 0 Å². The standard InChI is InChI=1S/C42H27NOS/c1-4-10-37-31(7-1)34-23-28(17-20-38(34)43(37)30-19-21-40-35(25-30)32-8-2-5-11-39(32)44-40)26-13-15-27(16-14-26)29-18-22-42-36(24-29)33-9-3-6-12-41(33)45-42/h2-3,5-25H,1,4H2. The van der Waals surface area contributed by atoms with E-state index in [9.17, 15) is 0 Å². The lowest BCUT2D eigenvalue weighted by molar-refractivity contribution is 0.669. The van der Waals surface area contributed by atoms with E-state index in [1.807, 2.05) is 23.5 Å². The van der Waals surface area contributed by atoms with Gasteiger partial charge in [-0.05, 0) is 89.7 Å². The molecule has 45 heavy (non-hydrogen) atoms. The highest BCUT2D eigenvalue weighted by atomic mass is 32.1. The number of thiophene rings is 1. The Morgan fingerprint density at radius 2 is 1.16 bits per heavy atom. The van der Waals surface area contributed by atoms with Gasteiger partial charge in [-0.3, -0.25) is 0 Å². The van der Waals surface area contributed by atoms with Crippen LogP contribution in [0.15, 0.2) is 132 Å². The van der Waals surface area contributed by atoms with Crippen LogP contribution in [0, 0.1) is 0 Å². The predicted molar refractivity (Wildman–Crippen MR) is 192 cm³/mol. The Kier molecular flexibility index (Phi) is 5.31. The molecule has 0 unspecified atom stereocenters. The normalized spacial score (nSPS) is 13.1. The lowest BCUT2D eigenvalue weighted by Crippen LogP contribution is -2.30. The largest absolute Gasteiger partial charge is 0.456 e. The lowest BCUT2D eigenvalue weighted by atomic mass is 9.98. The van der Waals surface area contributed by atoms with Gasteiger partial charge >= 0.3 is 0 Å². The van der Waals surface area contributed by atoms with E-state index in [4.69, 9.17) is 4.42 Å². The summed E-state index contributed by atoms with van der Waals surface area (Å²) >= 11 is 1.87. The molecule has 1 aliphatic rings. The molecule has 0 atom stereocenters. The molecule has 3 heterocycles. The summed E-state index contributed by atoms with van der Waals surface area (Å²) in [6.45, 7) is 0. The first-order valence-electron chi connectivity index (χ1n) is 15.6. The minimum atomic E-state index is 0.926. The van der Waals surface area contributed by atoms with Crippen molar-refractivity contribution in [2.24, 2.45) is 0 Å². The minimum Gasteiger partial charge on any atom is -0.456 e. The minimum absolute atomic E-state index is 0.926. The molecular formula is C42H27NOS. The van der Waals surface area contributed by atoms with Gasteiger partial charge < -0.3 is 8.98 Å². The van der Waals surface area contributed by atoms with Crippen molar-refractivity contribution >= 4 is 76.5 Å². The van der Waals surface area contributed by atoms with Gasteiger partial charge in [0.05, 0.1) is 5.52 Å². The van der Waals surface area contributed by atoms with Crippen molar-refractivity contribution in [3.8, 4) is 27.9 Å². The molecule has 10 rings (SSSR count). The summed E-state index contributed by atoms with van der Waals surface area (Å²) in [5, 5.41) is 8.91. The highest BCUT2D eigenvalue weighted by Gasteiger charge is 2.15. The molecule has 0 spiro atoms. The maximum Gasteiger partial charge on any atom is 0.135 e. The molecule has 6 aromatic carbocycles. The van der Waals surface area contributed by atoms with E-state index in [-0.39, 0.29) is 0 Å². The third-order valence-corrected chi connectivity index (χ3v) is 10.6. The molecule has 0 N–H and O–H groups in total. The number of rotatable bonds is 3. The van der Waals surface area contributed by atoms with Gasteiger partial charge in [-0.25, -0.2) is 0 Å². The second-order valence-electron chi connectivity index (χ2n) is 12.0. The zero-order valence-electron chi connectivity index (χ0n) is 24.5. The van der Waals surface area contributed by atoms with E-state index in [1.165, 1.54) is 69.6 Å². The Morgan fingerprint density at radius 3 is 2.02 bits per heavy atom. The number of aromatic nitrogens is 1. The molecule has 0 saturated carbocycles. The Labute approximate surface area is 263 Å². The quantitative estimate of drug-likeness (QED) is 0.199. The third kappa shape index (κ3) is 3.81. The van der Waals surface area contributed by atoms with Crippen molar-refractivity contribution in [3.05, 3.63) is 138 Å². The maximum absolute atomic E-state index is 6.14. The van der Waals surface area contributed by atoms with Crippen LogP contribution in [0.1, 0.15) is 12.8 Å². The summed E-state index contributed by atoms with van der Waals surface area (Å²) in [7, 11) is 0. The zero-order valence-corrected chi connectivity index (χ0v) is 25.3. The van der Waals surface area contributed by atoms with Crippen molar-refractivity contribution in [1.82, 2.24) is 4.57 Å². The van der Waals surface area contributed by atoms with Gasteiger partial charge in [-0.2, -0.15) is 0 Å². The van der Waals surface area contributed by atoms with Crippen LogP contribution in [-0.4, -0.2) is 4.57 Å². The van der Waals surface area contributed by atoms with Crippen LogP contribution in [0.5, 0.6) is 0 Å². The van der Waals surface area contributed by atoms with Crippen LogP contribution in [0.2, 0.25) is 0 Å². The summed E-state index contributed by atoms with van der Waals surface area (Å²) < 4.78 is 11.2. The van der Waals surface area contributed by atoms with Crippen LogP contribution in [0.25, 0.3) is 93.1 Å². The van der Waals surface area contributed by atoms with Gasteiger partial charge in [0.2, 0.25) is 0 Å². The van der Waals surface area contributed by atoms with Crippen molar-refractivity contribution in [2.75, 3.05) is 0 Å². The molecule has 1 aliphatic carbocycles. The Hall–Kier alpha value is -5.38. The number of furan rings is 1. The summed E-state index contributed by atoms with van der Waals surface area (Å²) in [6.07, 6.45) is 6.94. The number of hydrogen-bond donors (Lipinski definition) is 0. The van der Waals surface area contributed by atoms with Gasteiger partial charge in [0.25, 0.3) is 0 Å². The Balaban J connectivity index is 1.07. The maximum atomic E-state index is 6.14. The fourth-order valence-corrected chi connectivity index (χ4v) is 8.36. The van der Waals surface area contributed by atoms with Crippen LogP contribution in [0.4, 0.5) is 0 Å². The second-order valence-corrected chi connectivity index (χ2v) is 13.1. The molecule has 3 aromatic heterocycles. The highest BCUT2D eigenvalue weighted by Crippen LogP contribution is 2.37. The third-order valence-electron chi connectivity index (χ3n) is 9.44. The van der Waals surface area contributed by atoms with Crippen LogP contribution >= 0.6 is 11.3 Å². The Morgan fingerprint density at radius 1 is 0.489 bits per heavy atom. The van der Waals surface area contributed by atoms with E-state index in [0.29, 0.717) is 0 Å². The first-order valence-corrected chi connectivity index (χ1v) is 16.4. The first kappa shape index (κ1) is 25.0. The summed E-state index contributed by atoms with van der Waals surface area (Å²) in [4.78, 5) is 0. The molecule has 0 amide bonds. The molecular weight excluding hydrogens is 567 g/mol. The van der Waals surface area contributed by atoms with Crippen molar-refractivity contribution < 1.29 is 4.42 Å². The van der Waals surface area contributed by atoms with Crippen LogP contribution < -0.4 is 10.6 Å². The van der Waals surface area contributed by atoms with Gasteiger partial charge in [0, 0.05) is 52.6 Å². The average Bonchev–Trinajstić information content (AvgIpc) is 3.77. The molecule has 0 fully saturated rings. The van der Waals surface area contributed by atoms with E-state index >= 15 is 0 Å². The van der Waals surface area contributed by atoms with Gasteiger partial charge in [0.1, 0.15) is 11.2 Å². The number of benzene rings is 6. The summed E-state index contributed by atoms with van der Waals surface area (Å²) in [5.74, 6) is 0. The van der Waals surface area contributed by atoms with Gasteiger partial charge in [-0.15, -0.1) is 11.3 Å². The molecule has 2 nitrogen and oxygen atoms in total. The summed E-state index contributed by atoms with van der Waals surface area (Å²) in [5.41, 5.74) is 9.23. The summed E-state index contributed by atoms with van der Waals surface area (Å²) in [6, 6.07) is 46.5. The fourth-order valence-electron chi connectivity index (χ4n) is 7.27. The predicted octanol–water partition coefficient (Wildman–Crippen LogP) is 10.6. The van der Waals surface area contributed by atoms with Gasteiger partial charge in [0.15, 0.2) is 0 Å². The van der Waals surface area contributed by atoms with Crippen molar-refractivity contribution in [2.45, 2.75) is 12.8 Å². The number of para-hydroxylation sites is 1. The average molecular weight is 594 g/mol. The van der Waals surface area contributed by atoms with E-state index in [0.717, 1.165) is 34.8 Å². The van der Waals surface area contributed by atoms with Crippen LogP contribution in [-0.2, 0) is 0 Å². The topological polar surface area (TPSA) is 18.1 Å². The zero-order chi connectivity index (χ0) is 29.5. The van der Waals surface area contributed by atoms with Gasteiger partial charge in [-0.1, -0.05) is 84.9 Å². The molecule has 0 bridgehead atoms. The molecule has 212 valence electrons. The number of hydrogen-bond acceptors (Lipinski definition) is 2. The molecule has 0 aliphatic heterocycles. The van der Waals surface area contributed by atoms with E-state index in [2.05, 4.69) is 132 Å². The monoisotopic (exact) mass is 593 g/mol. The SMILES string of the molecule is C1=c2c(n(-c3ccc4oc5ccccc5c4c3)c3ccc(-c4ccc(-c5ccc6sc7ccccc7c6c5)cc4)cc23)=CCC1. The van der Waals surface area contributed by atoms with E-state index in [1.54, 1.807) is 0 Å². The highest BCUT2D eigenvalue weighted by molar-refractivity contribution is 7.25. The molecule has 0 saturated heterocycles. The first-order chi connectivity index (χ1) is 22.3. The smallest absolute Gasteiger partial charge is 0.135 e. The second kappa shape index (κ2) is 9.56. The molecule has 9 aromatic rings. The molecule has 3 heteroatoms. The number of nitrogens with zero attached hydrogens (tertiary/aromatic N) is 1. The fraction of sp³-hybridized carbons (Fsp3) is 0.0476. The van der Waals surface area contributed by atoms with E-state index < -0.39 is 0 Å².